The molecule has 0 atom stereocenters. The highest BCUT2D eigenvalue weighted by Crippen LogP contribution is 2.18. The zero-order chi connectivity index (χ0) is 12.3. The summed E-state index contributed by atoms with van der Waals surface area (Å²) in [6.07, 6.45) is 2.84. The maximum Gasteiger partial charge on any atom is 0.232 e. The first-order chi connectivity index (χ1) is 8.11. The van der Waals surface area contributed by atoms with Crippen molar-refractivity contribution in [2.45, 2.75) is 19.8 Å². The molecule has 0 amide bonds. The highest BCUT2D eigenvalue weighted by Gasteiger charge is 2.10. The lowest BCUT2D eigenvalue weighted by Crippen LogP contribution is -2.16. The van der Waals surface area contributed by atoms with E-state index in [1.165, 1.54) is 6.39 Å². The second-order valence-corrected chi connectivity index (χ2v) is 5.65. The standard InChI is InChI=1S/C11H14N2O3S/c1-2-3-6-17(14,15)13-9-4-5-11-10(7-9)12-8-16-11/h4-5,7-8,13H,2-3,6H2,1H3. The van der Waals surface area contributed by atoms with Gasteiger partial charge in [0.2, 0.25) is 10.0 Å². The van der Waals surface area contributed by atoms with Gasteiger partial charge in [-0.3, -0.25) is 4.72 Å². The Morgan fingerprint density at radius 2 is 2.24 bits per heavy atom. The van der Waals surface area contributed by atoms with Gasteiger partial charge in [0.25, 0.3) is 0 Å². The molecule has 17 heavy (non-hydrogen) atoms. The Balaban J connectivity index is 2.17. The Hall–Kier alpha value is -1.56. The summed E-state index contributed by atoms with van der Waals surface area (Å²) in [5.41, 5.74) is 1.80. The highest BCUT2D eigenvalue weighted by atomic mass is 32.2. The van der Waals surface area contributed by atoms with E-state index in [4.69, 9.17) is 4.42 Å². The lowest BCUT2D eigenvalue weighted by Gasteiger charge is -2.06. The smallest absolute Gasteiger partial charge is 0.232 e. The van der Waals surface area contributed by atoms with Crippen LogP contribution in [0.15, 0.2) is 29.0 Å². The lowest BCUT2D eigenvalue weighted by atomic mass is 10.3. The molecular formula is C11H14N2O3S. The van der Waals surface area contributed by atoms with Crippen LogP contribution in [0.25, 0.3) is 11.1 Å². The quantitative estimate of drug-likeness (QED) is 0.889. The van der Waals surface area contributed by atoms with Gasteiger partial charge in [-0.2, -0.15) is 0 Å². The fourth-order valence-electron chi connectivity index (χ4n) is 1.49. The molecule has 0 fully saturated rings. The van der Waals surface area contributed by atoms with Gasteiger partial charge in [0, 0.05) is 0 Å². The molecule has 2 aromatic rings. The maximum absolute atomic E-state index is 11.7. The van der Waals surface area contributed by atoms with Crippen molar-refractivity contribution in [2.75, 3.05) is 10.5 Å². The summed E-state index contributed by atoms with van der Waals surface area (Å²) in [6, 6.07) is 5.01. The van der Waals surface area contributed by atoms with Crippen LogP contribution in [0.3, 0.4) is 0 Å². The Labute approximate surface area is 99.9 Å². The van der Waals surface area contributed by atoms with Gasteiger partial charge in [-0.05, 0) is 24.6 Å². The molecule has 2 rings (SSSR count). The van der Waals surface area contributed by atoms with E-state index in [0.29, 0.717) is 23.2 Å². The van der Waals surface area contributed by atoms with Gasteiger partial charge in [0.15, 0.2) is 12.0 Å². The number of benzene rings is 1. The van der Waals surface area contributed by atoms with Gasteiger partial charge in [0.05, 0.1) is 11.4 Å². The van der Waals surface area contributed by atoms with E-state index in [1.807, 2.05) is 6.92 Å². The SMILES string of the molecule is CCCCS(=O)(=O)Nc1ccc2ocnc2c1. The number of unbranched alkanes of at least 4 members (excludes halogenated alkanes) is 1. The van der Waals surface area contributed by atoms with Crippen LogP contribution in [-0.2, 0) is 10.0 Å². The van der Waals surface area contributed by atoms with E-state index in [-0.39, 0.29) is 5.75 Å². The third-order valence-corrected chi connectivity index (χ3v) is 3.74. The summed E-state index contributed by atoms with van der Waals surface area (Å²) in [5.74, 6) is 0.139. The van der Waals surface area contributed by atoms with Crippen molar-refractivity contribution in [3.05, 3.63) is 24.6 Å². The zero-order valence-electron chi connectivity index (χ0n) is 9.51. The lowest BCUT2D eigenvalue weighted by molar-refractivity contribution is 0.597. The number of aromatic nitrogens is 1. The summed E-state index contributed by atoms with van der Waals surface area (Å²) in [7, 11) is -3.26. The first kappa shape index (κ1) is 11.9. The largest absolute Gasteiger partial charge is 0.443 e. The molecule has 6 heteroatoms. The molecule has 0 saturated carbocycles. The maximum atomic E-state index is 11.7. The fraction of sp³-hybridized carbons (Fsp3) is 0.364. The molecule has 0 saturated heterocycles. The van der Waals surface area contributed by atoms with E-state index < -0.39 is 10.0 Å². The molecule has 0 bridgehead atoms. The highest BCUT2D eigenvalue weighted by molar-refractivity contribution is 7.92. The van der Waals surface area contributed by atoms with Gasteiger partial charge in [-0.25, -0.2) is 13.4 Å². The molecular weight excluding hydrogens is 240 g/mol. The van der Waals surface area contributed by atoms with Crippen LogP contribution in [0.1, 0.15) is 19.8 Å². The predicted molar refractivity (Wildman–Crippen MR) is 66.3 cm³/mol. The number of sulfonamides is 1. The third-order valence-electron chi connectivity index (χ3n) is 2.37. The summed E-state index contributed by atoms with van der Waals surface area (Å²) in [4.78, 5) is 3.97. The molecule has 5 nitrogen and oxygen atoms in total. The molecule has 0 spiro atoms. The van der Waals surface area contributed by atoms with Crippen LogP contribution < -0.4 is 4.72 Å². The number of anilines is 1. The van der Waals surface area contributed by atoms with Gasteiger partial charge in [-0.1, -0.05) is 13.3 Å². The normalized spacial score (nSPS) is 11.8. The van der Waals surface area contributed by atoms with Crippen molar-refractivity contribution in [1.29, 1.82) is 0 Å². The molecule has 0 aliphatic rings. The molecule has 1 aromatic carbocycles. The Morgan fingerprint density at radius 1 is 1.41 bits per heavy atom. The third kappa shape index (κ3) is 2.97. The average Bonchev–Trinajstić information content (AvgIpc) is 2.73. The van der Waals surface area contributed by atoms with Crippen molar-refractivity contribution < 1.29 is 12.8 Å². The number of fused-ring (bicyclic) bond motifs is 1. The number of hydrogen-bond donors (Lipinski definition) is 1. The van der Waals surface area contributed by atoms with Crippen LogP contribution in [0.2, 0.25) is 0 Å². The van der Waals surface area contributed by atoms with Crippen LogP contribution in [-0.4, -0.2) is 19.2 Å². The number of oxazole rings is 1. The van der Waals surface area contributed by atoms with Crippen molar-refractivity contribution in [2.24, 2.45) is 0 Å². The molecule has 1 heterocycles. The second-order valence-electron chi connectivity index (χ2n) is 3.81. The van der Waals surface area contributed by atoms with Gasteiger partial charge in [-0.15, -0.1) is 0 Å². The van der Waals surface area contributed by atoms with Gasteiger partial charge in [0.1, 0.15) is 5.52 Å². The van der Waals surface area contributed by atoms with Gasteiger partial charge >= 0.3 is 0 Å². The number of hydrogen-bond acceptors (Lipinski definition) is 4. The molecule has 0 aliphatic carbocycles. The molecule has 1 aromatic heterocycles. The van der Waals surface area contributed by atoms with E-state index in [9.17, 15) is 8.42 Å². The van der Waals surface area contributed by atoms with Crippen LogP contribution in [0, 0.1) is 0 Å². The molecule has 92 valence electrons. The molecule has 0 radical (unpaired) electrons. The molecule has 0 unspecified atom stereocenters. The van der Waals surface area contributed by atoms with E-state index >= 15 is 0 Å². The Bertz CT molecular complexity index is 604. The van der Waals surface area contributed by atoms with Crippen molar-refractivity contribution in [3.8, 4) is 0 Å². The minimum Gasteiger partial charge on any atom is -0.443 e. The van der Waals surface area contributed by atoms with E-state index in [0.717, 1.165) is 6.42 Å². The number of nitrogens with zero attached hydrogens (tertiary/aromatic N) is 1. The van der Waals surface area contributed by atoms with Crippen LogP contribution in [0.5, 0.6) is 0 Å². The minimum atomic E-state index is -3.26. The first-order valence-corrected chi connectivity index (χ1v) is 7.10. The summed E-state index contributed by atoms with van der Waals surface area (Å²) in [5, 5.41) is 0. The Morgan fingerprint density at radius 3 is 3.00 bits per heavy atom. The van der Waals surface area contributed by atoms with Crippen molar-refractivity contribution in [1.82, 2.24) is 4.98 Å². The zero-order valence-corrected chi connectivity index (χ0v) is 10.3. The monoisotopic (exact) mass is 254 g/mol. The van der Waals surface area contributed by atoms with Crippen LogP contribution in [0.4, 0.5) is 5.69 Å². The van der Waals surface area contributed by atoms with Crippen LogP contribution >= 0.6 is 0 Å². The summed E-state index contributed by atoms with van der Waals surface area (Å²) in [6.45, 7) is 1.96. The summed E-state index contributed by atoms with van der Waals surface area (Å²) >= 11 is 0. The topological polar surface area (TPSA) is 72.2 Å². The molecule has 0 aliphatic heterocycles. The Kier molecular flexibility index (Phi) is 3.33. The van der Waals surface area contributed by atoms with E-state index in [2.05, 4.69) is 9.71 Å². The number of nitrogens with one attached hydrogen (secondary N) is 1. The minimum absolute atomic E-state index is 0.139. The molecule has 1 N–H and O–H groups in total. The number of rotatable bonds is 5. The van der Waals surface area contributed by atoms with Crippen molar-refractivity contribution in [3.63, 3.8) is 0 Å². The first-order valence-electron chi connectivity index (χ1n) is 5.44. The predicted octanol–water partition coefficient (Wildman–Crippen LogP) is 2.37. The second kappa shape index (κ2) is 4.75. The van der Waals surface area contributed by atoms with E-state index in [1.54, 1.807) is 18.2 Å². The van der Waals surface area contributed by atoms with Crippen molar-refractivity contribution >= 4 is 26.8 Å². The summed E-state index contributed by atoms with van der Waals surface area (Å²) < 4.78 is 31.0. The van der Waals surface area contributed by atoms with Gasteiger partial charge < -0.3 is 4.42 Å². The average molecular weight is 254 g/mol. The fourth-order valence-corrected chi connectivity index (χ4v) is 2.74.